The van der Waals surface area contributed by atoms with Crippen LogP contribution >= 0.6 is 0 Å². The van der Waals surface area contributed by atoms with Gasteiger partial charge in [0, 0.05) is 56.2 Å². The quantitative estimate of drug-likeness (QED) is 0.377. The molecule has 2 aliphatic heterocycles. The smallest absolute Gasteiger partial charge is 0.320 e. The minimum atomic E-state index is 0.0488. The molecule has 2 aromatic carbocycles. The zero-order chi connectivity index (χ0) is 26.5. The lowest BCUT2D eigenvalue weighted by Gasteiger charge is -2.42. The summed E-state index contributed by atoms with van der Waals surface area (Å²) in [6.45, 7) is 6.48. The van der Waals surface area contributed by atoms with Gasteiger partial charge in [-0.1, -0.05) is 43.3 Å². The van der Waals surface area contributed by atoms with Gasteiger partial charge in [0.25, 0.3) is 0 Å². The summed E-state index contributed by atoms with van der Waals surface area (Å²) < 4.78 is 5.37. The normalized spacial score (nSPS) is 17.3. The molecule has 2 aliphatic rings. The number of nitrogens with zero attached hydrogens (tertiary/aromatic N) is 3. The summed E-state index contributed by atoms with van der Waals surface area (Å²) in [4.78, 5) is 34.0. The Morgan fingerprint density at radius 2 is 1.66 bits per heavy atom. The summed E-state index contributed by atoms with van der Waals surface area (Å²) in [5.74, 6) is 0.0488. The number of Topliss-reactive ketones (excluding diaryl/α,β-unsaturated/α-hetero) is 1. The lowest BCUT2D eigenvalue weighted by molar-refractivity contribution is 0.0360. The van der Waals surface area contributed by atoms with Gasteiger partial charge < -0.3 is 20.3 Å². The van der Waals surface area contributed by atoms with Crippen LogP contribution in [-0.2, 0) is 17.6 Å². The number of aromatic nitrogens is 1. The van der Waals surface area contributed by atoms with Crippen molar-refractivity contribution in [1.29, 1.82) is 0 Å². The fourth-order valence-electron chi connectivity index (χ4n) is 5.42. The van der Waals surface area contributed by atoms with Crippen molar-refractivity contribution in [2.75, 3.05) is 45.1 Å². The van der Waals surface area contributed by atoms with Crippen molar-refractivity contribution < 1.29 is 14.3 Å². The number of piperidine rings is 1. The van der Waals surface area contributed by atoms with Crippen LogP contribution in [0.15, 0.2) is 67.0 Å². The molecular weight excluding hydrogens is 476 g/mol. The number of ketones is 1. The Morgan fingerprint density at radius 1 is 0.947 bits per heavy atom. The molecule has 3 heterocycles. The molecule has 0 spiro atoms. The Bertz CT molecular complexity index is 1260. The van der Waals surface area contributed by atoms with Crippen LogP contribution in [0.25, 0.3) is 11.1 Å². The van der Waals surface area contributed by atoms with Gasteiger partial charge in [-0.15, -0.1) is 0 Å². The van der Waals surface area contributed by atoms with E-state index < -0.39 is 0 Å². The maximum atomic E-state index is 13.1. The van der Waals surface area contributed by atoms with Crippen LogP contribution in [0.3, 0.4) is 0 Å². The molecule has 2 saturated heterocycles. The number of ether oxygens (including phenoxy) is 1. The Hall–Kier alpha value is -3.71. The second-order valence-corrected chi connectivity index (χ2v) is 10.8. The first-order valence-electron chi connectivity index (χ1n) is 13.4. The maximum Gasteiger partial charge on any atom is 0.320 e. The van der Waals surface area contributed by atoms with Crippen LogP contribution < -0.4 is 5.73 Å². The predicted molar refractivity (Wildman–Crippen MR) is 149 cm³/mol. The summed E-state index contributed by atoms with van der Waals surface area (Å²) in [7, 11) is 0. The molecule has 0 atom stereocenters. The van der Waals surface area contributed by atoms with Gasteiger partial charge >= 0.3 is 6.03 Å². The summed E-state index contributed by atoms with van der Waals surface area (Å²) in [6, 6.07) is 17.8. The Morgan fingerprint density at radius 3 is 2.34 bits per heavy atom. The second kappa shape index (κ2) is 11.4. The number of benzene rings is 2. The van der Waals surface area contributed by atoms with Gasteiger partial charge in [-0.05, 0) is 65.1 Å². The lowest BCUT2D eigenvalue weighted by Crippen LogP contribution is -2.51. The van der Waals surface area contributed by atoms with Crippen molar-refractivity contribution in [2.24, 2.45) is 5.41 Å². The van der Waals surface area contributed by atoms with E-state index in [2.05, 4.69) is 24.0 Å². The van der Waals surface area contributed by atoms with Gasteiger partial charge in [0.2, 0.25) is 0 Å². The molecule has 38 heavy (non-hydrogen) atoms. The van der Waals surface area contributed by atoms with E-state index in [1.54, 1.807) is 6.20 Å². The fourth-order valence-corrected chi connectivity index (χ4v) is 5.42. The number of carbonyl (C=O) groups is 2. The Balaban J connectivity index is 1.17. The number of rotatable bonds is 6. The molecule has 7 heteroatoms. The third-order valence-electron chi connectivity index (χ3n) is 7.92. The number of nitrogens with two attached hydrogens (primary N) is 1. The lowest BCUT2D eigenvalue weighted by atomic mass is 9.75. The molecule has 2 N–H and O–H groups in total. The number of urea groups is 1. The number of hydrogen-bond donors (Lipinski definition) is 1. The third-order valence-corrected chi connectivity index (χ3v) is 7.92. The van der Waals surface area contributed by atoms with Crippen molar-refractivity contribution in [1.82, 2.24) is 14.8 Å². The van der Waals surface area contributed by atoms with Gasteiger partial charge in [0.15, 0.2) is 5.78 Å². The van der Waals surface area contributed by atoms with E-state index in [-0.39, 0.29) is 23.7 Å². The molecule has 0 saturated carbocycles. The van der Waals surface area contributed by atoms with Crippen molar-refractivity contribution in [2.45, 2.75) is 32.6 Å². The first-order chi connectivity index (χ1) is 18.4. The van der Waals surface area contributed by atoms with Crippen molar-refractivity contribution in [3.05, 3.63) is 83.7 Å². The molecule has 7 nitrogen and oxygen atoms in total. The zero-order valence-corrected chi connectivity index (χ0v) is 22.1. The zero-order valence-electron chi connectivity index (χ0n) is 22.1. The van der Waals surface area contributed by atoms with Crippen LogP contribution in [0, 0.1) is 5.41 Å². The number of hydrogen-bond acceptors (Lipinski definition) is 5. The van der Waals surface area contributed by atoms with Gasteiger partial charge in [-0.25, -0.2) is 4.79 Å². The minimum Gasteiger partial charge on any atom is -0.398 e. The van der Waals surface area contributed by atoms with Crippen LogP contribution in [0.1, 0.15) is 41.3 Å². The molecule has 1 aromatic heterocycles. The standard InChI is InChI=1S/C31H36N4O3/c1-31(10-13-34(14-11-31)30(37)35-15-17-38-18-16-35)21-23-4-6-24(7-5-23)29(36)20-27-19-25(8-9-28(27)32)26-3-2-12-33-22-26/h2-9,12,19,22H,10-11,13-18,20-21,32H2,1H3. The van der Waals surface area contributed by atoms with E-state index in [4.69, 9.17) is 10.5 Å². The van der Waals surface area contributed by atoms with Crippen molar-refractivity contribution in [3.63, 3.8) is 0 Å². The third kappa shape index (κ3) is 6.05. The molecule has 5 rings (SSSR count). The first kappa shape index (κ1) is 25.9. The highest BCUT2D eigenvalue weighted by molar-refractivity contribution is 5.98. The van der Waals surface area contributed by atoms with Crippen LogP contribution in [0.5, 0.6) is 0 Å². The molecule has 3 aromatic rings. The van der Waals surface area contributed by atoms with E-state index in [0.717, 1.165) is 49.0 Å². The molecule has 0 bridgehead atoms. The largest absolute Gasteiger partial charge is 0.398 e. The van der Waals surface area contributed by atoms with E-state index >= 15 is 0 Å². The average Bonchev–Trinajstić information content (AvgIpc) is 2.95. The van der Waals surface area contributed by atoms with Gasteiger partial charge in [-0.2, -0.15) is 0 Å². The van der Waals surface area contributed by atoms with E-state index in [0.29, 0.717) is 37.6 Å². The number of nitrogen functional groups attached to an aromatic ring is 1. The van der Waals surface area contributed by atoms with E-state index in [9.17, 15) is 9.59 Å². The summed E-state index contributed by atoms with van der Waals surface area (Å²) in [5.41, 5.74) is 11.7. The maximum absolute atomic E-state index is 13.1. The molecule has 2 fully saturated rings. The number of anilines is 1. The highest BCUT2D eigenvalue weighted by Gasteiger charge is 2.33. The average molecular weight is 513 g/mol. The summed E-state index contributed by atoms with van der Waals surface area (Å²) in [5, 5.41) is 0. The number of likely N-dealkylation sites (tertiary alicyclic amines) is 1. The fraction of sp³-hybridized carbons (Fsp3) is 0.387. The first-order valence-corrected chi connectivity index (χ1v) is 13.4. The van der Waals surface area contributed by atoms with Crippen LogP contribution in [0.4, 0.5) is 10.5 Å². The minimum absolute atomic E-state index is 0.0488. The highest BCUT2D eigenvalue weighted by Crippen LogP contribution is 2.35. The van der Waals surface area contributed by atoms with Crippen LogP contribution in [0.2, 0.25) is 0 Å². The van der Waals surface area contributed by atoms with Crippen LogP contribution in [-0.4, -0.2) is 66.0 Å². The van der Waals surface area contributed by atoms with E-state index in [1.807, 2.05) is 58.5 Å². The molecule has 0 radical (unpaired) electrons. The molecule has 0 aliphatic carbocycles. The molecular formula is C31H36N4O3. The van der Waals surface area contributed by atoms with Gasteiger partial charge in [0.05, 0.1) is 13.2 Å². The second-order valence-electron chi connectivity index (χ2n) is 10.8. The molecule has 0 unspecified atom stereocenters. The number of carbonyl (C=O) groups excluding carboxylic acids is 2. The Labute approximate surface area is 224 Å². The van der Waals surface area contributed by atoms with Crippen molar-refractivity contribution in [3.8, 4) is 11.1 Å². The Kier molecular flexibility index (Phi) is 7.74. The monoisotopic (exact) mass is 512 g/mol. The summed E-state index contributed by atoms with van der Waals surface area (Å²) >= 11 is 0. The topological polar surface area (TPSA) is 88.8 Å². The number of morpholine rings is 1. The van der Waals surface area contributed by atoms with Crippen molar-refractivity contribution >= 4 is 17.5 Å². The van der Waals surface area contributed by atoms with Gasteiger partial charge in [-0.3, -0.25) is 9.78 Å². The number of pyridine rings is 1. The predicted octanol–water partition coefficient (Wildman–Crippen LogP) is 4.85. The van der Waals surface area contributed by atoms with E-state index in [1.165, 1.54) is 5.56 Å². The highest BCUT2D eigenvalue weighted by atomic mass is 16.5. The molecule has 2 amide bonds. The molecule has 198 valence electrons. The summed E-state index contributed by atoms with van der Waals surface area (Å²) in [6.07, 6.45) is 6.67. The van der Waals surface area contributed by atoms with Gasteiger partial charge in [0.1, 0.15) is 0 Å². The number of amides is 2. The SMILES string of the molecule is CC1(Cc2ccc(C(=O)Cc3cc(-c4cccnc4)ccc3N)cc2)CCN(C(=O)N2CCOCC2)CC1.